The molecule has 0 aromatic heterocycles. The summed E-state index contributed by atoms with van der Waals surface area (Å²) in [5.74, 6) is -1.20. The maximum atomic E-state index is 13.5. The van der Waals surface area contributed by atoms with E-state index in [1.165, 1.54) is 48.5 Å². The van der Waals surface area contributed by atoms with Crippen molar-refractivity contribution in [2.75, 3.05) is 19.6 Å². The van der Waals surface area contributed by atoms with Gasteiger partial charge in [-0.2, -0.15) is 13.2 Å². The maximum Gasteiger partial charge on any atom is 0.416 e. The summed E-state index contributed by atoms with van der Waals surface area (Å²) in [7, 11) is 0. The largest absolute Gasteiger partial charge is 0.416 e. The highest BCUT2D eigenvalue weighted by atomic mass is 19.4. The van der Waals surface area contributed by atoms with E-state index in [2.05, 4.69) is 4.90 Å². The van der Waals surface area contributed by atoms with Crippen LogP contribution in [0.5, 0.6) is 0 Å². The number of carbonyl (C=O) groups excluding carboxylic acids is 1. The summed E-state index contributed by atoms with van der Waals surface area (Å²) in [5.41, 5.74) is 0.968. The van der Waals surface area contributed by atoms with Crippen LogP contribution in [0.1, 0.15) is 46.8 Å². The zero-order valence-corrected chi connectivity index (χ0v) is 21.6. The normalized spacial score (nSPS) is 17.9. The number of amides is 1. The molecule has 2 atom stereocenters. The molecule has 10 heteroatoms. The number of alkyl halides is 3. The molecule has 0 radical (unpaired) electrons. The van der Waals surface area contributed by atoms with Crippen LogP contribution < -0.4 is 0 Å². The lowest BCUT2D eigenvalue weighted by molar-refractivity contribution is -0.384. The van der Waals surface area contributed by atoms with Crippen molar-refractivity contribution in [3.05, 3.63) is 111 Å². The van der Waals surface area contributed by atoms with Gasteiger partial charge in [-0.1, -0.05) is 30.3 Å². The molecular weight excluding hydrogens is 514 g/mol. The Morgan fingerprint density at radius 2 is 1.72 bits per heavy atom. The first-order chi connectivity index (χ1) is 18.4. The van der Waals surface area contributed by atoms with Gasteiger partial charge >= 0.3 is 6.18 Å². The molecule has 4 rings (SSSR count). The summed E-state index contributed by atoms with van der Waals surface area (Å²) >= 11 is 0. The first kappa shape index (κ1) is 28.2. The van der Waals surface area contributed by atoms with Gasteiger partial charge in [-0.3, -0.25) is 19.8 Å². The van der Waals surface area contributed by atoms with Gasteiger partial charge in [0.1, 0.15) is 5.82 Å². The van der Waals surface area contributed by atoms with Crippen molar-refractivity contribution in [2.45, 2.75) is 38.5 Å². The molecule has 0 aliphatic carbocycles. The van der Waals surface area contributed by atoms with Gasteiger partial charge in [0, 0.05) is 55.8 Å². The predicted octanol–water partition coefficient (Wildman–Crippen LogP) is 6.52. The van der Waals surface area contributed by atoms with E-state index in [9.17, 15) is 32.5 Å². The standard InChI is InChI=1S/C29H29F4N3O3/c1-19(2)35(28(37)21-8-10-25(30)11-9-21)17-23-16-34(15-20-6-12-26(13-7-20)36(38)39)18-27(23)22-4-3-5-24(14-22)29(31,32)33/h3-14,19,23,27H,15-18H2,1-2H3. The number of rotatable bonds is 8. The SMILES string of the molecule is CC(C)N(CC1CN(Cc2ccc([N+](=O)[O-])cc2)CC1c1cccc(C(F)(F)F)c1)C(=O)c1ccc(F)cc1. The lowest BCUT2D eigenvalue weighted by Gasteiger charge is -2.32. The molecule has 0 saturated carbocycles. The lowest BCUT2D eigenvalue weighted by atomic mass is 9.87. The molecule has 1 fully saturated rings. The maximum absolute atomic E-state index is 13.5. The van der Waals surface area contributed by atoms with Crippen molar-refractivity contribution >= 4 is 11.6 Å². The van der Waals surface area contributed by atoms with E-state index in [-0.39, 0.29) is 29.5 Å². The second-order valence-electron chi connectivity index (χ2n) is 10.2. The minimum Gasteiger partial charge on any atom is -0.336 e. The summed E-state index contributed by atoms with van der Waals surface area (Å²) in [5, 5.41) is 11.0. The summed E-state index contributed by atoms with van der Waals surface area (Å²) in [6.07, 6.45) is -4.48. The molecule has 1 aliphatic rings. The molecule has 6 nitrogen and oxygen atoms in total. The Morgan fingerprint density at radius 1 is 1.05 bits per heavy atom. The molecule has 0 bridgehead atoms. The van der Waals surface area contributed by atoms with Gasteiger partial charge in [0.05, 0.1) is 10.5 Å². The molecule has 1 amide bonds. The number of non-ortho nitro benzene ring substituents is 1. The molecule has 39 heavy (non-hydrogen) atoms. The molecule has 1 aliphatic heterocycles. The Labute approximate surface area is 224 Å². The van der Waals surface area contributed by atoms with Crippen LogP contribution in [0.15, 0.2) is 72.8 Å². The van der Waals surface area contributed by atoms with Gasteiger partial charge in [-0.05, 0) is 61.2 Å². The van der Waals surface area contributed by atoms with E-state index in [1.54, 1.807) is 23.1 Å². The minimum absolute atomic E-state index is 0.0215. The first-order valence-electron chi connectivity index (χ1n) is 12.6. The van der Waals surface area contributed by atoms with Gasteiger partial charge in [-0.15, -0.1) is 0 Å². The number of likely N-dealkylation sites (tertiary alicyclic amines) is 1. The smallest absolute Gasteiger partial charge is 0.336 e. The third-order valence-corrected chi connectivity index (χ3v) is 7.12. The van der Waals surface area contributed by atoms with E-state index in [4.69, 9.17) is 0 Å². The van der Waals surface area contributed by atoms with Crippen LogP contribution in [0.25, 0.3) is 0 Å². The number of hydrogen-bond acceptors (Lipinski definition) is 4. The summed E-state index contributed by atoms with van der Waals surface area (Å²) in [6, 6.07) is 16.6. The van der Waals surface area contributed by atoms with Crippen molar-refractivity contribution < 1.29 is 27.3 Å². The Bertz CT molecular complexity index is 1310. The van der Waals surface area contributed by atoms with Crippen molar-refractivity contribution in [3.8, 4) is 0 Å². The molecule has 2 unspecified atom stereocenters. The highest BCUT2D eigenvalue weighted by Crippen LogP contribution is 2.38. The number of nitro groups is 1. The van der Waals surface area contributed by atoms with Crippen LogP contribution in [-0.2, 0) is 12.7 Å². The van der Waals surface area contributed by atoms with Gasteiger partial charge in [0.15, 0.2) is 0 Å². The molecular formula is C29H29F4N3O3. The Morgan fingerprint density at radius 3 is 2.31 bits per heavy atom. The number of nitrogens with zero attached hydrogens (tertiary/aromatic N) is 3. The van der Waals surface area contributed by atoms with Gasteiger partial charge < -0.3 is 4.90 Å². The molecule has 1 heterocycles. The number of carbonyl (C=O) groups is 1. The Kier molecular flexibility index (Phi) is 8.34. The van der Waals surface area contributed by atoms with Gasteiger partial charge in [-0.25, -0.2) is 4.39 Å². The lowest BCUT2D eigenvalue weighted by Crippen LogP contribution is -2.42. The van der Waals surface area contributed by atoms with Crippen LogP contribution >= 0.6 is 0 Å². The number of benzene rings is 3. The third-order valence-electron chi connectivity index (χ3n) is 7.12. The number of hydrogen-bond donors (Lipinski definition) is 0. The summed E-state index contributed by atoms with van der Waals surface area (Å²) in [6.45, 7) is 5.45. The Balaban J connectivity index is 1.61. The highest BCUT2D eigenvalue weighted by Gasteiger charge is 2.38. The minimum atomic E-state index is -4.48. The quantitative estimate of drug-likeness (QED) is 0.184. The van der Waals surface area contributed by atoms with E-state index in [1.807, 2.05) is 13.8 Å². The molecule has 1 saturated heterocycles. The van der Waals surface area contributed by atoms with E-state index < -0.39 is 22.5 Å². The molecule has 3 aromatic rings. The second-order valence-corrected chi connectivity index (χ2v) is 10.2. The topological polar surface area (TPSA) is 66.7 Å². The van der Waals surface area contributed by atoms with Gasteiger partial charge in [0.2, 0.25) is 0 Å². The third kappa shape index (κ3) is 6.81. The molecule has 206 valence electrons. The Hall–Kier alpha value is -3.79. The zero-order valence-electron chi connectivity index (χ0n) is 21.6. The summed E-state index contributed by atoms with van der Waals surface area (Å²) < 4.78 is 53.9. The van der Waals surface area contributed by atoms with Crippen LogP contribution in [-0.4, -0.2) is 46.3 Å². The molecule has 3 aromatic carbocycles. The highest BCUT2D eigenvalue weighted by molar-refractivity contribution is 5.94. The molecule has 0 N–H and O–H groups in total. The van der Waals surface area contributed by atoms with Crippen LogP contribution in [0, 0.1) is 21.8 Å². The summed E-state index contributed by atoms with van der Waals surface area (Å²) in [4.78, 5) is 27.6. The van der Waals surface area contributed by atoms with Crippen molar-refractivity contribution in [3.63, 3.8) is 0 Å². The van der Waals surface area contributed by atoms with Crippen molar-refractivity contribution in [1.82, 2.24) is 9.80 Å². The predicted molar refractivity (Wildman–Crippen MR) is 139 cm³/mol. The first-order valence-corrected chi connectivity index (χ1v) is 12.6. The van der Waals surface area contributed by atoms with Crippen LogP contribution in [0.4, 0.5) is 23.2 Å². The van der Waals surface area contributed by atoms with E-state index >= 15 is 0 Å². The van der Waals surface area contributed by atoms with Crippen molar-refractivity contribution in [2.24, 2.45) is 5.92 Å². The van der Waals surface area contributed by atoms with Crippen LogP contribution in [0.3, 0.4) is 0 Å². The van der Waals surface area contributed by atoms with Gasteiger partial charge in [0.25, 0.3) is 11.6 Å². The second kappa shape index (κ2) is 11.5. The number of halogens is 4. The monoisotopic (exact) mass is 543 g/mol. The fourth-order valence-corrected chi connectivity index (χ4v) is 5.12. The fraction of sp³-hybridized carbons (Fsp3) is 0.345. The zero-order chi connectivity index (χ0) is 28.3. The average molecular weight is 544 g/mol. The number of nitro benzene ring substituents is 1. The fourth-order valence-electron chi connectivity index (χ4n) is 5.12. The van der Waals surface area contributed by atoms with Crippen LogP contribution in [0.2, 0.25) is 0 Å². The average Bonchev–Trinajstić information content (AvgIpc) is 3.29. The van der Waals surface area contributed by atoms with Crippen molar-refractivity contribution in [1.29, 1.82) is 0 Å². The van der Waals surface area contributed by atoms with E-state index in [0.717, 1.165) is 11.6 Å². The molecule has 0 spiro atoms. The van der Waals surface area contributed by atoms with E-state index in [0.29, 0.717) is 37.3 Å².